The topological polar surface area (TPSA) is 29.5 Å². The van der Waals surface area contributed by atoms with Crippen molar-refractivity contribution in [2.24, 2.45) is 0 Å². The van der Waals surface area contributed by atoms with E-state index in [1.54, 1.807) is 12.0 Å². The van der Waals surface area contributed by atoms with E-state index >= 15 is 0 Å². The number of carbonyl (C=O) groups is 1. The third kappa shape index (κ3) is 2.99. The van der Waals surface area contributed by atoms with Crippen molar-refractivity contribution in [3.8, 4) is 0 Å². The second-order valence-electron chi connectivity index (χ2n) is 3.97. The molecule has 0 bridgehead atoms. The van der Waals surface area contributed by atoms with E-state index in [4.69, 9.17) is 16.3 Å². The Kier molecular flexibility index (Phi) is 4.97. The van der Waals surface area contributed by atoms with Gasteiger partial charge in [-0.15, -0.1) is 11.6 Å². The lowest BCUT2D eigenvalue weighted by Crippen LogP contribution is -2.41. The molecule has 1 aromatic rings. The van der Waals surface area contributed by atoms with E-state index in [-0.39, 0.29) is 18.0 Å². The highest BCUT2D eigenvalue weighted by Gasteiger charge is 2.23. The number of hydrogen-bond donors (Lipinski definition) is 0. The van der Waals surface area contributed by atoms with Crippen LogP contribution in [-0.4, -0.2) is 25.1 Å². The van der Waals surface area contributed by atoms with E-state index in [2.05, 4.69) is 0 Å². The van der Waals surface area contributed by atoms with Crippen LogP contribution < -0.4 is 4.90 Å². The third-order valence-electron chi connectivity index (χ3n) is 2.77. The number of alkyl halides is 1. The van der Waals surface area contributed by atoms with Gasteiger partial charge in [0.15, 0.2) is 0 Å². The molecule has 1 amide bonds. The normalized spacial score (nSPS) is 12.3. The summed E-state index contributed by atoms with van der Waals surface area (Å²) in [6, 6.07) is 5.91. The number of anilines is 1. The molecule has 0 fully saturated rings. The molecular weight excluding hydrogens is 238 g/mol. The fraction of sp³-hybridized carbons (Fsp3) is 0.462. The second-order valence-corrected chi connectivity index (χ2v) is 4.24. The Morgan fingerprint density at radius 1 is 1.41 bits per heavy atom. The highest BCUT2D eigenvalue weighted by molar-refractivity contribution is 6.29. The Morgan fingerprint density at radius 3 is 2.35 bits per heavy atom. The summed E-state index contributed by atoms with van der Waals surface area (Å²) in [5.74, 6) is -0.208. The van der Waals surface area contributed by atoms with Crippen molar-refractivity contribution in [1.29, 1.82) is 0 Å². The number of aryl methyl sites for hydroxylation is 2. The van der Waals surface area contributed by atoms with Gasteiger partial charge >= 0.3 is 0 Å². The quantitative estimate of drug-likeness (QED) is 0.612. The number of rotatable bonds is 4. The average molecular weight is 256 g/mol. The van der Waals surface area contributed by atoms with Gasteiger partial charge in [-0.3, -0.25) is 9.69 Å². The molecule has 1 unspecified atom stereocenters. The lowest BCUT2D eigenvalue weighted by molar-refractivity contribution is -0.118. The van der Waals surface area contributed by atoms with Crippen molar-refractivity contribution < 1.29 is 9.53 Å². The van der Waals surface area contributed by atoms with Crippen LogP contribution in [0.5, 0.6) is 0 Å². The van der Waals surface area contributed by atoms with E-state index in [1.165, 1.54) is 0 Å². The van der Waals surface area contributed by atoms with E-state index in [0.717, 1.165) is 16.8 Å². The van der Waals surface area contributed by atoms with Gasteiger partial charge in [0, 0.05) is 7.11 Å². The number of methoxy groups -OCH3 is 1. The average Bonchev–Trinajstić information content (AvgIpc) is 2.32. The first-order valence-electron chi connectivity index (χ1n) is 5.50. The maximum Gasteiger partial charge on any atom is 0.244 e. The SMILES string of the molecule is COC(C)N(C(=O)CCl)c1c(C)cccc1C. The molecule has 1 atom stereocenters. The Morgan fingerprint density at radius 2 is 1.94 bits per heavy atom. The number of nitrogens with zero attached hydrogens (tertiary/aromatic N) is 1. The minimum absolute atomic E-state index is 0.0541. The Labute approximate surface area is 107 Å². The molecule has 4 heteroatoms. The number of benzene rings is 1. The summed E-state index contributed by atoms with van der Waals surface area (Å²) in [5.41, 5.74) is 2.95. The van der Waals surface area contributed by atoms with Gasteiger partial charge in [0.1, 0.15) is 12.1 Å². The molecule has 0 aromatic heterocycles. The molecular formula is C13H18ClNO2. The summed E-state index contributed by atoms with van der Waals surface area (Å²) in [6.07, 6.45) is -0.332. The lowest BCUT2D eigenvalue weighted by Gasteiger charge is -2.30. The largest absolute Gasteiger partial charge is 0.361 e. The summed E-state index contributed by atoms with van der Waals surface area (Å²) in [4.78, 5) is 13.5. The van der Waals surface area contributed by atoms with Crippen LogP contribution in [-0.2, 0) is 9.53 Å². The molecule has 0 saturated carbocycles. The molecule has 1 rings (SSSR count). The summed E-state index contributed by atoms with van der Waals surface area (Å²) in [6.45, 7) is 5.77. The van der Waals surface area contributed by atoms with Crippen LogP contribution in [0.15, 0.2) is 18.2 Å². The number of carbonyl (C=O) groups excluding carboxylic acids is 1. The van der Waals surface area contributed by atoms with Gasteiger partial charge in [0.2, 0.25) is 5.91 Å². The van der Waals surface area contributed by atoms with Gasteiger partial charge in [-0.1, -0.05) is 18.2 Å². The van der Waals surface area contributed by atoms with Gasteiger partial charge in [0.25, 0.3) is 0 Å². The molecule has 0 radical (unpaired) electrons. The van der Waals surface area contributed by atoms with Crippen LogP contribution in [0.2, 0.25) is 0 Å². The van der Waals surface area contributed by atoms with E-state index in [1.807, 2.05) is 39.0 Å². The summed E-state index contributed by atoms with van der Waals surface area (Å²) in [7, 11) is 1.58. The minimum atomic E-state index is -0.332. The first-order valence-corrected chi connectivity index (χ1v) is 6.03. The fourth-order valence-electron chi connectivity index (χ4n) is 1.86. The number of amides is 1. The van der Waals surface area contributed by atoms with Crippen molar-refractivity contribution in [2.45, 2.75) is 27.0 Å². The first kappa shape index (κ1) is 14.0. The molecule has 0 N–H and O–H groups in total. The lowest BCUT2D eigenvalue weighted by atomic mass is 10.1. The van der Waals surface area contributed by atoms with Crippen LogP contribution in [0, 0.1) is 13.8 Å². The van der Waals surface area contributed by atoms with Crippen LogP contribution in [0.3, 0.4) is 0 Å². The van der Waals surface area contributed by atoms with Gasteiger partial charge in [0.05, 0.1) is 5.69 Å². The molecule has 0 aliphatic rings. The molecule has 0 saturated heterocycles. The second kappa shape index (κ2) is 6.03. The highest BCUT2D eigenvalue weighted by atomic mass is 35.5. The summed E-state index contributed by atoms with van der Waals surface area (Å²) in [5, 5.41) is 0. The van der Waals surface area contributed by atoms with E-state index < -0.39 is 0 Å². The zero-order valence-electron chi connectivity index (χ0n) is 10.7. The molecule has 1 aromatic carbocycles. The van der Waals surface area contributed by atoms with Gasteiger partial charge < -0.3 is 4.74 Å². The number of hydrogen-bond acceptors (Lipinski definition) is 2. The molecule has 3 nitrogen and oxygen atoms in total. The number of ether oxygens (including phenoxy) is 1. The van der Waals surface area contributed by atoms with Crippen molar-refractivity contribution >= 4 is 23.2 Å². The predicted octanol–water partition coefficient (Wildman–Crippen LogP) is 2.87. The van der Waals surface area contributed by atoms with Crippen LogP contribution in [0.1, 0.15) is 18.1 Å². The van der Waals surface area contributed by atoms with Crippen LogP contribution in [0.4, 0.5) is 5.69 Å². The van der Waals surface area contributed by atoms with Gasteiger partial charge in [-0.25, -0.2) is 0 Å². The van der Waals surface area contributed by atoms with Crippen molar-refractivity contribution in [3.05, 3.63) is 29.3 Å². The molecule has 0 heterocycles. The van der Waals surface area contributed by atoms with Gasteiger partial charge in [-0.05, 0) is 31.9 Å². The maximum absolute atomic E-state index is 11.9. The Hall–Kier alpha value is -1.06. The zero-order valence-corrected chi connectivity index (χ0v) is 11.4. The monoisotopic (exact) mass is 255 g/mol. The van der Waals surface area contributed by atoms with E-state index in [9.17, 15) is 4.79 Å². The third-order valence-corrected chi connectivity index (χ3v) is 3.00. The number of para-hydroxylation sites is 1. The standard InChI is InChI=1S/C13H18ClNO2/c1-9-6-5-7-10(2)13(9)15(11(3)17-4)12(16)8-14/h5-7,11H,8H2,1-4H3. The highest BCUT2D eigenvalue weighted by Crippen LogP contribution is 2.27. The summed E-state index contributed by atoms with van der Waals surface area (Å²) >= 11 is 5.66. The van der Waals surface area contributed by atoms with Crippen LogP contribution in [0.25, 0.3) is 0 Å². The Balaban J connectivity index is 3.26. The van der Waals surface area contributed by atoms with Crippen molar-refractivity contribution in [1.82, 2.24) is 0 Å². The molecule has 0 aliphatic carbocycles. The first-order chi connectivity index (χ1) is 8.02. The molecule has 17 heavy (non-hydrogen) atoms. The fourth-order valence-corrected chi connectivity index (χ4v) is 1.99. The van der Waals surface area contributed by atoms with Gasteiger partial charge in [-0.2, -0.15) is 0 Å². The molecule has 94 valence electrons. The minimum Gasteiger partial charge on any atom is -0.361 e. The van der Waals surface area contributed by atoms with Crippen molar-refractivity contribution in [3.63, 3.8) is 0 Å². The summed E-state index contributed by atoms with van der Waals surface area (Å²) < 4.78 is 5.25. The zero-order chi connectivity index (χ0) is 13.0. The maximum atomic E-state index is 11.9. The van der Waals surface area contributed by atoms with E-state index in [0.29, 0.717) is 0 Å². The molecule has 0 spiro atoms. The predicted molar refractivity (Wildman–Crippen MR) is 70.6 cm³/mol. The van der Waals surface area contributed by atoms with Crippen molar-refractivity contribution in [2.75, 3.05) is 17.9 Å². The smallest absolute Gasteiger partial charge is 0.244 e. The number of halogens is 1. The van der Waals surface area contributed by atoms with Crippen LogP contribution >= 0.6 is 11.6 Å². The molecule has 0 aliphatic heterocycles. The Bertz CT molecular complexity index is 386.